The third-order valence-electron chi connectivity index (χ3n) is 2.82. The van der Waals surface area contributed by atoms with E-state index < -0.39 is 5.97 Å². The lowest BCUT2D eigenvalue weighted by molar-refractivity contribution is 0.0697. The molecule has 0 aliphatic rings. The Morgan fingerprint density at radius 3 is 2.58 bits per heavy atom. The Labute approximate surface area is 108 Å². The number of rotatable bonds is 2. The third-order valence-corrected chi connectivity index (χ3v) is 2.82. The number of anilines is 1. The maximum atomic E-state index is 10.8. The van der Waals surface area contributed by atoms with E-state index in [0.717, 1.165) is 11.1 Å². The van der Waals surface area contributed by atoms with Gasteiger partial charge in [0, 0.05) is 6.20 Å². The zero-order valence-electron chi connectivity index (χ0n) is 9.82. The monoisotopic (exact) mass is 254 g/mol. The van der Waals surface area contributed by atoms with Crippen LogP contribution in [0.4, 0.5) is 5.95 Å². The summed E-state index contributed by atoms with van der Waals surface area (Å²) in [6.07, 6.45) is 1.76. The van der Waals surface area contributed by atoms with Gasteiger partial charge in [-0.05, 0) is 35.4 Å². The highest BCUT2D eigenvalue weighted by atomic mass is 16.4. The van der Waals surface area contributed by atoms with Gasteiger partial charge in [-0.2, -0.15) is 4.98 Å². The molecule has 94 valence electrons. The molecule has 0 fully saturated rings. The van der Waals surface area contributed by atoms with Gasteiger partial charge in [0.1, 0.15) is 0 Å². The largest absolute Gasteiger partial charge is 0.478 e. The van der Waals surface area contributed by atoms with Gasteiger partial charge in [-0.1, -0.05) is 12.1 Å². The highest BCUT2D eigenvalue weighted by Gasteiger charge is 2.05. The fourth-order valence-electron chi connectivity index (χ4n) is 1.88. The number of carbonyl (C=O) groups is 1. The number of nitrogens with two attached hydrogens (primary N) is 1. The van der Waals surface area contributed by atoms with Crippen LogP contribution >= 0.6 is 0 Å². The average Bonchev–Trinajstić information content (AvgIpc) is 2.77. The summed E-state index contributed by atoms with van der Waals surface area (Å²) in [6.45, 7) is 0. The van der Waals surface area contributed by atoms with Gasteiger partial charge in [-0.3, -0.25) is 0 Å². The van der Waals surface area contributed by atoms with Gasteiger partial charge in [0.15, 0.2) is 5.65 Å². The molecule has 0 atom stereocenters. The topological polar surface area (TPSA) is 93.5 Å². The molecule has 0 aliphatic carbocycles. The van der Waals surface area contributed by atoms with Gasteiger partial charge >= 0.3 is 5.97 Å². The molecule has 0 saturated heterocycles. The van der Waals surface area contributed by atoms with E-state index in [-0.39, 0.29) is 11.5 Å². The summed E-state index contributed by atoms with van der Waals surface area (Å²) < 4.78 is 1.59. The van der Waals surface area contributed by atoms with E-state index in [2.05, 4.69) is 10.1 Å². The van der Waals surface area contributed by atoms with Crippen LogP contribution in [0.1, 0.15) is 10.4 Å². The number of nitrogens with zero attached hydrogens (tertiary/aromatic N) is 3. The molecule has 0 bridgehead atoms. The number of carboxylic acids is 1. The number of hydrogen-bond acceptors (Lipinski definition) is 4. The Balaban J connectivity index is 2.05. The molecule has 0 saturated carbocycles. The van der Waals surface area contributed by atoms with Gasteiger partial charge in [0.25, 0.3) is 0 Å². The highest BCUT2D eigenvalue weighted by molar-refractivity contribution is 5.88. The molecule has 0 radical (unpaired) electrons. The van der Waals surface area contributed by atoms with Crippen LogP contribution in [-0.4, -0.2) is 25.7 Å². The van der Waals surface area contributed by atoms with Crippen molar-refractivity contribution in [3.05, 3.63) is 48.2 Å². The Morgan fingerprint density at radius 1 is 1.16 bits per heavy atom. The van der Waals surface area contributed by atoms with Crippen molar-refractivity contribution in [2.75, 3.05) is 5.73 Å². The van der Waals surface area contributed by atoms with Crippen molar-refractivity contribution >= 4 is 17.6 Å². The SMILES string of the molecule is Nc1nc2cc(-c3ccc(C(=O)O)cc3)ccn2n1. The lowest BCUT2D eigenvalue weighted by atomic mass is 10.1. The van der Waals surface area contributed by atoms with Crippen molar-refractivity contribution in [2.45, 2.75) is 0 Å². The first-order valence-electron chi connectivity index (χ1n) is 5.59. The van der Waals surface area contributed by atoms with Crippen molar-refractivity contribution in [2.24, 2.45) is 0 Å². The first kappa shape index (κ1) is 11.2. The predicted molar refractivity (Wildman–Crippen MR) is 69.8 cm³/mol. The molecule has 3 N–H and O–H groups in total. The number of pyridine rings is 1. The maximum Gasteiger partial charge on any atom is 0.335 e. The second kappa shape index (κ2) is 4.09. The molecule has 3 aromatic rings. The molecule has 0 aliphatic heterocycles. The van der Waals surface area contributed by atoms with Gasteiger partial charge < -0.3 is 10.8 Å². The fourth-order valence-corrected chi connectivity index (χ4v) is 1.88. The summed E-state index contributed by atoms with van der Waals surface area (Å²) in [5.41, 5.74) is 8.27. The minimum absolute atomic E-state index is 0.221. The lowest BCUT2D eigenvalue weighted by Gasteiger charge is -2.02. The number of aromatic nitrogens is 3. The van der Waals surface area contributed by atoms with Crippen LogP contribution in [0.25, 0.3) is 16.8 Å². The molecule has 1 aromatic carbocycles. The Hall–Kier alpha value is -2.89. The number of aromatic carboxylic acids is 1. The molecule has 3 rings (SSSR count). The molecule has 0 amide bonds. The summed E-state index contributed by atoms with van der Waals surface area (Å²) in [4.78, 5) is 14.9. The van der Waals surface area contributed by atoms with Crippen LogP contribution in [-0.2, 0) is 0 Å². The minimum atomic E-state index is -0.938. The van der Waals surface area contributed by atoms with Crippen molar-refractivity contribution < 1.29 is 9.90 Å². The quantitative estimate of drug-likeness (QED) is 0.725. The standard InChI is InChI=1S/C13H10N4O2/c14-13-15-11-7-10(5-6-17(11)16-13)8-1-3-9(4-2-8)12(18)19/h1-7H,(H2,14,16)(H,18,19). The molecule has 2 heterocycles. The summed E-state index contributed by atoms with van der Waals surface area (Å²) >= 11 is 0. The second-order valence-corrected chi connectivity index (χ2v) is 4.07. The van der Waals surface area contributed by atoms with E-state index in [1.54, 1.807) is 35.0 Å². The molecule has 0 unspecified atom stereocenters. The van der Waals surface area contributed by atoms with Gasteiger partial charge in [0.2, 0.25) is 5.95 Å². The van der Waals surface area contributed by atoms with E-state index in [9.17, 15) is 4.79 Å². The first-order chi connectivity index (χ1) is 9.13. The Bertz CT molecular complexity index is 762. The van der Waals surface area contributed by atoms with Crippen molar-refractivity contribution in [1.29, 1.82) is 0 Å². The first-order valence-corrected chi connectivity index (χ1v) is 5.59. The summed E-state index contributed by atoms with van der Waals surface area (Å²) in [6, 6.07) is 10.4. The molecule has 2 aromatic heterocycles. The van der Waals surface area contributed by atoms with Crippen LogP contribution in [0.15, 0.2) is 42.6 Å². The van der Waals surface area contributed by atoms with Crippen LogP contribution in [0.2, 0.25) is 0 Å². The highest BCUT2D eigenvalue weighted by Crippen LogP contribution is 2.21. The Morgan fingerprint density at radius 2 is 1.89 bits per heavy atom. The molecule has 0 spiro atoms. The van der Waals surface area contributed by atoms with Gasteiger partial charge in [-0.15, -0.1) is 5.10 Å². The van der Waals surface area contributed by atoms with Crippen LogP contribution in [0.5, 0.6) is 0 Å². The van der Waals surface area contributed by atoms with E-state index in [1.165, 1.54) is 0 Å². The number of fused-ring (bicyclic) bond motifs is 1. The molecule has 19 heavy (non-hydrogen) atoms. The fraction of sp³-hybridized carbons (Fsp3) is 0. The van der Waals surface area contributed by atoms with Crippen LogP contribution in [0, 0.1) is 0 Å². The van der Waals surface area contributed by atoms with E-state index in [0.29, 0.717) is 5.65 Å². The maximum absolute atomic E-state index is 10.8. The average molecular weight is 254 g/mol. The van der Waals surface area contributed by atoms with E-state index in [1.807, 2.05) is 12.1 Å². The van der Waals surface area contributed by atoms with Gasteiger partial charge in [-0.25, -0.2) is 9.31 Å². The molecule has 6 nitrogen and oxygen atoms in total. The molecule has 6 heteroatoms. The Kier molecular flexibility index (Phi) is 2.42. The van der Waals surface area contributed by atoms with Gasteiger partial charge in [0.05, 0.1) is 5.56 Å². The zero-order chi connectivity index (χ0) is 13.4. The predicted octanol–water partition coefficient (Wildman–Crippen LogP) is 1.68. The van der Waals surface area contributed by atoms with Crippen LogP contribution in [0.3, 0.4) is 0 Å². The number of nitrogen functional groups attached to an aromatic ring is 1. The zero-order valence-corrected chi connectivity index (χ0v) is 9.82. The normalized spacial score (nSPS) is 10.7. The summed E-state index contributed by atoms with van der Waals surface area (Å²) in [5, 5.41) is 12.8. The summed E-state index contributed by atoms with van der Waals surface area (Å²) in [7, 11) is 0. The molecular formula is C13H10N4O2. The number of hydrogen-bond donors (Lipinski definition) is 2. The van der Waals surface area contributed by atoms with E-state index in [4.69, 9.17) is 10.8 Å². The molecular weight excluding hydrogens is 244 g/mol. The van der Waals surface area contributed by atoms with Crippen molar-refractivity contribution in [1.82, 2.24) is 14.6 Å². The number of carboxylic acid groups (broad SMARTS) is 1. The lowest BCUT2D eigenvalue weighted by Crippen LogP contribution is -1.95. The van der Waals surface area contributed by atoms with Crippen molar-refractivity contribution in [3.63, 3.8) is 0 Å². The third kappa shape index (κ3) is 1.99. The van der Waals surface area contributed by atoms with Crippen LogP contribution < -0.4 is 5.73 Å². The number of benzene rings is 1. The smallest absolute Gasteiger partial charge is 0.335 e. The van der Waals surface area contributed by atoms with Crippen molar-refractivity contribution in [3.8, 4) is 11.1 Å². The second-order valence-electron chi connectivity index (χ2n) is 4.07. The summed E-state index contributed by atoms with van der Waals surface area (Å²) in [5.74, 6) is -0.717. The minimum Gasteiger partial charge on any atom is -0.478 e. The van der Waals surface area contributed by atoms with E-state index >= 15 is 0 Å².